The number of rotatable bonds is 15. The molecule has 0 saturated carbocycles. The van der Waals surface area contributed by atoms with Crippen molar-refractivity contribution in [2.75, 3.05) is 13.7 Å². The molecule has 1 N–H and O–H groups in total. The van der Waals surface area contributed by atoms with Crippen LogP contribution in [0.3, 0.4) is 0 Å². The van der Waals surface area contributed by atoms with Crippen LogP contribution >= 0.6 is 0 Å². The van der Waals surface area contributed by atoms with Crippen molar-refractivity contribution in [3.63, 3.8) is 0 Å². The number of carbonyl (C=O) groups is 2. The van der Waals surface area contributed by atoms with Gasteiger partial charge in [-0.05, 0) is 48.4 Å². The molecule has 208 valence electrons. The molecule has 0 spiro atoms. The zero-order valence-corrected chi connectivity index (χ0v) is 23.0. The highest BCUT2D eigenvalue weighted by atomic mass is 16.5. The zero-order chi connectivity index (χ0) is 28.2. The fourth-order valence-corrected chi connectivity index (χ4v) is 5.43. The van der Waals surface area contributed by atoms with Crippen molar-refractivity contribution >= 4 is 11.8 Å². The van der Waals surface area contributed by atoms with Gasteiger partial charge in [-0.1, -0.05) is 103 Å². The van der Waals surface area contributed by atoms with Gasteiger partial charge < -0.3 is 14.6 Å². The van der Waals surface area contributed by atoms with Gasteiger partial charge in [0.25, 0.3) is 0 Å². The van der Waals surface area contributed by atoms with Crippen LogP contribution < -0.4 is 0 Å². The lowest BCUT2D eigenvalue weighted by molar-refractivity contribution is -0.143. The van der Waals surface area contributed by atoms with Crippen molar-refractivity contribution in [3.05, 3.63) is 132 Å². The Kier molecular flexibility index (Phi) is 10.9. The van der Waals surface area contributed by atoms with Gasteiger partial charge in [-0.25, -0.2) is 0 Å². The van der Waals surface area contributed by atoms with Crippen LogP contribution in [0.4, 0.5) is 0 Å². The summed E-state index contributed by atoms with van der Waals surface area (Å²) >= 11 is 0. The molecule has 0 amide bonds. The Morgan fingerprint density at radius 3 is 2.05 bits per heavy atom. The molecule has 3 unspecified atom stereocenters. The Morgan fingerprint density at radius 1 is 0.875 bits per heavy atom. The molecule has 40 heavy (non-hydrogen) atoms. The lowest BCUT2D eigenvalue weighted by Gasteiger charge is -2.30. The predicted octanol–water partition coefficient (Wildman–Crippen LogP) is 6.99. The van der Waals surface area contributed by atoms with E-state index in [1.54, 1.807) is 7.11 Å². The van der Waals surface area contributed by atoms with E-state index in [2.05, 4.69) is 12.1 Å². The molecule has 0 heterocycles. The maximum atomic E-state index is 13.5. The summed E-state index contributed by atoms with van der Waals surface area (Å²) < 4.78 is 11.9. The first kappa shape index (κ1) is 29.0. The van der Waals surface area contributed by atoms with Gasteiger partial charge in [-0.2, -0.15) is 0 Å². The highest BCUT2D eigenvalue weighted by Crippen LogP contribution is 2.32. The second-order valence-corrected chi connectivity index (χ2v) is 10.2. The van der Waals surface area contributed by atoms with E-state index in [4.69, 9.17) is 9.47 Å². The Bertz CT molecular complexity index is 1230. The average Bonchev–Trinajstić information content (AvgIpc) is 2.99. The minimum atomic E-state index is -0.847. The van der Waals surface area contributed by atoms with Crippen LogP contribution in [-0.2, 0) is 25.5 Å². The summed E-state index contributed by atoms with van der Waals surface area (Å²) in [5.74, 6) is -1.12. The molecule has 0 bridgehead atoms. The van der Waals surface area contributed by atoms with Gasteiger partial charge >= 0.3 is 5.97 Å². The molecule has 3 aromatic carbocycles. The SMILES string of the molecule is COC1=CC=CC(CC(CCCC(=O)C(c2ccccc2)c2ccccc2)C(=O)O)C1OCCc1ccccc1. The third-order valence-corrected chi connectivity index (χ3v) is 7.52. The second kappa shape index (κ2) is 15.0. The van der Waals surface area contributed by atoms with Crippen molar-refractivity contribution in [2.24, 2.45) is 11.8 Å². The van der Waals surface area contributed by atoms with Crippen LogP contribution in [0.2, 0.25) is 0 Å². The lowest BCUT2D eigenvalue weighted by atomic mass is 9.82. The van der Waals surface area contributed by atoms with E-state index in [1.807, 2.05) is 97.1 Å². The standard InChI is InChI=1S/C35H38O5/c1-39-32-22-12-19-29(34(32)40-24-23-26-13-5-2-6-14-26)25-30(35(37)38)20-11-21-31(36)33(27-15-7-3-8-16-27)28-17-9-4-10-18-28/h2-10,12-19,22,29-30,33-34H,11,20-21,23-25H2,1H3,(H,37,38). The summed E-state index contributed by atoms with van der Waals surface area (Å²) in [6.45, 7) is 0.506. The topological polar surface area (TPSA) is 72.8 Å². The van der Waals surface area contributed by atoms with Crippen molar-refractivity contribution in [2.45, 2.75) is 44.1 Å². The predicted molar refractivity (Wildman–Crippen MR) is 157 cm³/mol. The second-order valence-electron chi connectivity index (χ2n) is 10.2. The molecule has 3 aromatic rings. The smallest absolute Gasteiger partial charge is 0.306 e. The molecule has 4 rings (SSSR count). The first-order valence-corrected chi connectivity index (χ1v) is 14.0. The molecular formula is C35H38O5. The van der Waals surface area contributed by atoms with Crippen LogP contribution in [0.25, 0.3) is 0 Å². The number of benzene rings is 3. The molecule has 0 aromatic heterocycles. The molecular weight excluding hydrogens is 500 g/mol. The molecule has 0 aliphatic heterocycles. The minimum Gasteiger partial charge on any atom is -0.498 e. The van der Waals surface area contributed by atoms with E-state index >= 15 is 0 Å². The van der Waals surface area contributed by atoms with Gasteiger partial charge in [0.1, 0.15) is 17.6 Å². The van der Waals surface area contributed by atoms with E-state index in [0.717, 1.165) is 17.5 Å². The third kappa shape index (κ3) is 8.03. The Balaban J connectivity index is 1.37. The Labute approximate surface area is 237 Å². The molecule has 5 nitrogen and oxygen atoms in total. The number of ketones is 1. The summed E-state index contributed by atoms with van der Waals surface area (Å²) in [7, 11) is 1.62. The number of hydrogen-bond donors (Lipinski definition) is 1. The monoisotopic (exact) mass is 538 g/mol. The number of carboxylic acid groups (broad SMARTS) is 1. The number of aliphatic carboxylic acids is 1. The Hall–Kier alpha value is -3.96. The maximum absolute atomic E-state index is 13.5. The highest BCUT2D eigenvalue weighted by molar-refractivity contribution is 5.89. The van der Waals surface area contributed by atoms with Crippen LogP contribution in [0.1, 0.15) is 48.3 Å². The number of carbonyl (C=O) groups excluding carboxylic acids is 1. The average molecular weight is 539 g/mol. The van der Waals surface area contributed by atoms with Crippen molar-refractivity contribution in [1.29, 1.82) is 0 Å². The normalized spacial score (nSPS) is 17.3. The number of ether oxygens (including phenoxy) is 2. The largest absolute Gasteiger partial charge is 0.498 e. The van der Waals surface area contributed by atoms with E-state index in [-0.39, 0.29) is 23.7 Å². The summed E-state index contributed by atoms with van der Waals surface area (Å²) in [6.07, 6.45) is 7.88. The van der Waals surface area contributed by atoms with E-state index in [1.165, 1.54) is 5.56 Å². The fourth-order valence-electron chi connectivity index (χ4n) is 5.43. The van der Waals surface area contributed by atoms with Crippen molar-refractivity contribution in [3.8, 4) is 0 Å². The van der Waals surface area contributed by atoms with E-state index in [0.29, 0.717) is 38.0 Å². The van der Waals surface area contributed by atoms with Crippen LogP contribution in [-0.4, -0.2) is 36.7 Å². The van der Waals surface area contributed by atoms with Crippen LogP contribution in [0, 0.1) is 11.8 Å². The zero-order valence-electron chi connectivity index (χ0n) is 23.0. The van der Waals surface area contributed by atoms with Gasteiger partial charge in [0.15, 0.2) is 0 Å². The molecule has 1 aliphatic carbocycles. The number of allylic oxidation sites excluding steroid dienone is 2. The van der Waals surface area contributed by atoms with E-state index < -0.39 is 11.9 Å². The summed E-state index contributed by atoms with van der Waals surface area (Å²) in [5, 5.41) is 10.1. The summed E-state index contributed by atoms with van der Waals surface area (Å²) in [5.41, 5.74) is 3.09. The van der Waals surface area contributed by atoms with Crippen LogP contribution in [0.15, 0.2) is 115 Å². The maximum Gasteiger partial charge on any atom is 0.306 e. The molecule has 0 fully saturated rings. The van der Waals surface area contributed by atoms with Gasteiger partial charge in [-0.15, -0.1) is 0 Å². The first-order valence-electron chi connectivity index (χ1n) is 14.0. The lowest BCUT2D eigenvalue weighted by Crippen LogP contribution is -2.31. The van der Waals surface area contributed by atoms with Gasteiger partial charge in [0.2, 0.25) is 0 Å². The molecule has 3 atom stereocenters. The molecule has 1 aliphatic rings. The number of carboxylic acids is 1. The Morgan fingerprint density at radius 2 is 1.48 bits per heavy atom. The van der Waals surface area contributed by atoms with Crippen LogP contribution in [0.5, 0.6) is 0 Å². The first-order chi connectivity index (χ1) is 19.6. The molecule has 0 saturated heterocycles. The number of hydrogen-bond acceptors (Lipinski definition) is 4. The minimum absolute atomic E-state index is 0.103. The summed E-state index contributed by atoms with van der Waals surface area (Å²) in [6, 6.07) is 29.7. The number of methoxy groups -OCH3 is 1. The van der Waals surface area contributed by atoms with Crippen molar-refractivity contribution in [1.82, 2.24) is 0 Å². The third-order valence-electron chi connectivity index (χ3n) is 7.52. The summed E-state index contributed by atoms with van der Waals surface area (Å²) in [4.78, 5) is 25.7. The number of Topliss-reactive ketones (excluding diaryl/α,β-unsaturated/α-hetero) is 1. The van der Waals surface area contributed by atoms with Gasteiger partial charge in [-0.3, -0.25) is 9.59 Å². The van der Waals surface area contributed by atoms with E-state index in [9.17, 15) is 14.7 Å². The molecule has 5 heteroatoms. The van der Waals surface area contributed by atoms with Gasteiger partial charge in [0, 0.05) is 12.3 Å². The highest BCUT2D eigenvalue weighted by Gasteiger charge is 2.32. The van der Waals surface area contributed by atoms with Crippen molar-refractivity contribution < 1.29 is 24.2 Å². The quantitative estimate of drug-likeness (QED) is 0.226. The molecule has 0 radical (unpaired) electrons. The van der Waals surface area contributed by atoms with Gasteiger partial charge in [0.05, 0.1) is 25.6 Å². The fraction of sp³-hybridized carbons (Fsp3) is 0.314.